The first kappa shape index (κ1) is 24.3. The Morgan fingerprint density at radius 1 is 1.00 bits per heavy atom. The molecule has 5 nitrogen and oxygen atoms in total. The van der Waals surface area contributed by atoms with Gasteiger partial charge in [-0.15, -0.1) is 0 Å². The Kier molecular flexibility index (Phi) is 7.10. The van der Waals surface area contributed by atoms with E-state index in [0.717, 1.165) is 22.6 Å². The quantitative estimate of drug-likeness (QED) is 0.437. The molecular weight excluding hydrogens is 459 g/mol. The number of carbonyl (C=O) groups excluding carboxylic acids is 2. The standard InChI is InChI=1S/C27H24F3NO4/c1-34-23-13-9-20(10-14-23)24(16-19-7-11-21(12-8-19)27(28,29)30)25(32)31-22(17-35-26(31)33)15-18-5-3-2-4-6-18/h2-14,22,24H,15-17H2,1H3/t22-,24-/m0/s1. The van der Waals surface area contributed by atoms with Crippen molar-refractivity contribution in [3.63, 3.8) is 0 Å². The van der Waals surface area contributed by atoms with Gasteiger partial charge in [-0.2, -0.15) is 13.2 Å². The van der Waals surface area contributed by atoms with Gasteiger partial charge in [0.05, 0.1) is 24.6 Å². The summed E-state index contributed by atoms with van der Waals surface area (Å²) in [7, 11) is 1.52. The molecule has 0 aromatic heterocycles. The molecule has 1 heterocycles. The van der Waals surface area contributed by atoms with Gasteiger partial charge in [-0.3, -0.25) is 4.79 Å². The molecule has 1 aliphatic rings. The van der Waals surface area contributed by atoms with Crippen LogP contribution in [0.1, 0.15) is 28.2 Å². The Morgan fingerprint density at radius 3 is 2.26 bits per heavy atom. The zero-order valence-corrected chi connectivity index (χ0v) is 19.0. The SMILES string of the molecule is COc1ccc([C@H](Cc2ccc(C(F)(F)F)cc2)C(=O)N2C(=O)OC[C@@H]2Cc2ccccc2)cc1. The maximum atomic E-state index is 13.8. The normalized spacial score (nSPS) is 16.6. The highest BCUT2D eigenvalue weighted by Gasteiger charge is 2.41. The lowest BCUT2D eigenvalue weighted by molar-refractivity contribution is -0.137. The van der Waals surface area contributed by atoms with Gasteiger partial charge < -0.3 is 9.47 Å². The number of cyclic esters (lactones) is 1. The van der Waals surface area contributed by atoms with Crippen LogP contribution in [0.4, 0.5) is 18.0 Å². The minimum atomic E-state index is -4.45. The largest absolute Gasteiger partial charge is 0.497 e. The maximum absolute atomic E-state index is 13.8. The first-order valence-electron chi connectivity index (χ1n) is 11.1. The fraction of sp³-hybridized carbons (Fsp3) is 0.259. The van der Waals surface area contributed by atoms with Gasteiger partial charge in [0, 0.05) is 0 Å². The highest BCUT2D eigenvalue weighted by Crippen LogP contribution is 2.32. The van der Waals surface area contributed by atoms with Crippen LogP contribution < -0.4 is 4.74 Å². The van der Waals surface area contributed by atoms with Crippen LogP contribution in [0, 0.1) is 0 Å². The van der Waals surface area contributed by atoms with Gasteiger partial charge in [0.1, 0.15) is 12.4 Å². The molecule has 0 radical (unpaired) electrons. The van der Waals surface area contributed by atoms with Crippen molar-refractivity contribution in [1.29, 1.82) is 0 Å². The molecule has 0 bridgehead atoms. The second-order valence-electron chi connectivity index (χ2n) is 8.35. The molecule has 1 fully saturated rings. The monoisotopic (exact) mass is 483 g/mol. The molecule has 0 spiro atoms. The van der Waals surface area contributed by atoms with E-state index >= 15 is 0 Å². The van der Waals surface area contributed by atoms with E-state index < -0.39 is 35.7 Å². The van der Waals surface area contributed by atoms with E-state index in [0.29, 0.717) is 23.3 Å². The van der Waals surface area contributed by atoms with Crippen molar-refractivity contribution < 1.29 is 32.2 Å². The van der Waals surface area contributed by atoms with Crippen molar-refractivity contribution >= 4 is 12.0 Å². The van der Waals surface area contributed by atoms with E-state index in [9.17, 15) is 22.8 Å². The molecule has 0 saturated carbocycles. The zero-order chi connectivity index (χ0) is 25.0. The minimum Gasteiger partial charge on any atom is -0.497 e. The van der Waals surface area contributed by atoms with E-state index in [-0.39, 0.29) is 13.0 Å². The number of alkyl halides is 3. The number of halogens is 3. The number of nitrogens with zero attached hydrogens (tertiary/aromatic N) is 1. The number of imide groups is 1. The Labute approximate surface area is 201 Å². The fourth-order valence-corrected chi connectivity index (χ4v) is 4.18. The van der Waals surface area contributed by atoms with Gasteiger partial charge in [-0.05, 0) is 53.8 Å². The van der Waals surface area contributed by atoms with Crippen molar-refractivity contribution in [2.45, 2.75) is 31.0 Å². The van der Waals surface area contributed by atoms with Gasteiger partial charge in [-0.25, -0.2) is 9.69 Å². The third-order valence-electron chi connectivity index (χ3n) is 6.05. The van der Waals surface area contributed by atoms with E-state index in [1.165, 1.54) is 19.2 Å². The zero-order valence-electron chi connectivity index (χ0n) is 19.0. The molecule has 3 aromatic rings. The number of hydrogen-bond acceptors (Lipinski definition) is 4. The second-order valence-corrected chi connectivity index (χ2v) is 8.35. The lowest BCUT2D eigenvalue weighted by Gasteiger charge is -2.25. The first-order valence-corrected chi connectivity index (χ1v) is 11.1. The van der Waals surface area contributed by atoms with Gasteiger partial charge in [-0.1, -0.05) is 54.6 Å². The maximum Gasteiger partial charge on any atom is 0.417 e. The highest BCUT2D eigenvalue weighted by molar-refractivity contribution is 5.97. The number of amides is 2. The third-order valence-corrected chi connectivity index (χ3v) is 6.05. The van der Waals surface area contributed by atoms with Crippen molar-refractivity contribution in [2.24, 2.45) is 0 Å². The summed E-state index contributed by atoms with van der Waals surface area (Å²) in [5.74, 6) is -0.669. The van der Waals surface area contributed by atoms with E-state index in [2.05, 4.69) is 0 Å². The Hall–Kier alpha value is -3.81. The van der Waals surface area contributed by atoms with Gasteiger partial charge in [0.25, 0.3) is 0 Å². The molecular formula is C27H24F3NO4. The molecule has 0 aliphatic carbocycles. The van der Waals surface area contributed by atoms with Gasteiger partial charge >= 0.3 is 12.3 Å². The van der Waals surface area contributed by atoms with Crippen molar-refractivity contribution in [2.75, 3.05) is 13.7 Å². The molecule has 0 N–H and O–H groups in total. The van der Waals surface area contributed by atoms with Crippen molar-refractivity contribution in [3.8, 4) is 5.75 Å². The Bertz CT molecular complexity index is 1160. The average molecular weight is 483 g/mol. The first-order chi connectivity index (χ1) is 16.8. The fourth-order valence-electron chi connectivity index (χ4n) is 4.18. The smallest absolute Gasteiger partial charge is 0.417 e. The van der Waals surface area contributed by atoms with Crippen LogP contribution >= 0.6 is 0 Å². The number of benzene rings is 3. The highest BCUT2D eigenvalue weighted by atomic mass is 19.4. The molecule has 35 heavy (non-hydrogen) atoms. The Morgan fingerprint density at radius 2 is 1.66 bits per heavy atom. The summed E-state index contributed by atoms with van der Waals surface area (Å²) >= 11 is 0. The molecule has 3 aromatic carbocycles. The second kappa shape index (κ2) is 10.2. The van der Waals surface area contributed by atoms with E-state index in [1.807, 2.05) is 30.3 Å². The molecule has 2 amide bonds. The summed E-state index contributed by atoms with van der Waals surface area (Å²) in [6.45, 7) is 0.0785. The third kappa shape index (κ3) is 5.65. The molecule has 8 heteroatoms. The van der Waals surface area contributed by atoms with Crippen molar-refractivity contribution in [1.82, 2.24) is 4.90 Å². The topological polar surface area (TPSA) is 55.8 Å². The number of hydrogen-bond donors (Lipinski definition) is 0. The van der Waals surface area contributed by atoms with Crippen LogP contribution in [-0.2, 0) is 28.5 Å². The summed E-state index contributed by atoms with van der Waals surface area (Å²) in [4.78, 5) is 27.5. The lowest BCUT2D eigenvalue weighted by atomic mass is 9.89. The van der Waals surface area contributed by atoms with Crippen LogP contribution in [0.5, 0.6) is 5.75 Å². The minimum absolute atomic E-state index is 0.0785. The van der Waals surface area contributed by atoms with Crippen molar-refractivity contribution in [3.05, 3.63) is 101 Å². The summed E-state index contributed by atoms with van der Waals surface area (Å²) in [6, 6.07) is 20.5. The summed E-state index contributed by atoms with van der Waals surface area (Å²) < 4.78 is 49.4. The van der Waals surface area contributed by atoms with Gasteiger partial charge in [0.2, 0.25) is 5.91 Å². The van der Waals surface area contributed by atoms with Crippen LogP contribution in [0.2, 0.25) is 0 Å². The summed E-state index contributed by atoms with van der Waals surface area (Å²) in [6.07, 6.45) is -4.62. The summed E-state index contributed by atoms with van der Waals surface area (Å²) in [5.41, 5.74) is 1.35. The average Bonchev–Trinajstić information content (AvgIpc) is 3.22. The van der Waals surface area contributed by atoms with E-state index in [4.69, 9.17) is 9.47 Å². The predicted octanol–water partition coefficient (Wildman–Crippen LogP) is 5.63. The molecule has 4 rings (SSSR count). The number of methoxy groups -OCH3 is 1. The van der Waals surface area contributed by atoms with Crippen LogP contribution in [0.25, 0.3) is 0 Å². The van der Waals surface area contributed by atoms with Gasteiger partial charge in [0.15, 0.2) is 0 Å². The van der Waals surface area contributed by atoms with Crippen LogP contribution in [0.15, 0.2) is 78.9 Å². The van der Waals surface area contributed by atoms with E-state index in [1.54, 1.807) is 24.3 Å². The molecule has 1 saturated heterocycles. The molecule has 0 unspecified atom stereocenters. The number of carbonyl (C=O) groups is 2. The predicted molar refractivity (Wildman–Crippen MR) is 123 cm³/mol. The Balaban J connectivity index is 1.63. The lowest BCUT2D eigenvalue weighted by Crippen LogP contribution is -2.43. The van der Waals surface area contributed by atoms with Crippen LogP contribution in [-0.4, -0.2) is 36.7 Å². The molecule has 2 atom stereocenters. The number of rotatable bonds is 7. The number of ether oxygens (including phenoxy) is 2. The molecule has 1 aliphatic heterocycles. The summed E-state index contributed by atoms with van der Waals surface area (Å²) in [5, 5.41) is 0. The van der Waals surface area contributed by atoms with Crippen LogP contribution in [0.3, 0.4) is 0 Å². The molecule has 182 valence electrons.